The highest BCUT2D eigenvalue weighted by Crippen LogP contribution is 2.21. The molecule has 2 amide bonds. The Bertz CT molecular complexity index is 791. The number of likely N-dealkylation sites (tertiary alicyclic amines) is 1. The maximum absolute atomic E-state index is 12.6. The topological polar surface area (TPSA) is 58.6 Å². The minimum absolute atomic E-state index is 0.00829. The number of nitrogens with zero attached hydrogens (tertiary/aromatic N) is 1. The van der Waals surface area contributed by atoms with Gasteiger partial charge < -0.3 is 15.0 Å². The molecule has 1 saturated heterocycles. The molecule has 1 N–H and O–H groups in total. The third-order valence-corrected chi connectivity index (χ3v) is 5.20. The first-order valence-electron chi connectivity index (χ1n) is 10.0. The van der Waals surface area contributed by atoms with Gasteiger partial charge in [-0.25, -0.2) is 0 Å². The van der Waals surface area contributed by atoms with E-state index in [0.29, 0.717) is 23.9 Å². The third kappa shape index (κ3) is 5.12. The van der Waals surface area contributed by atoms with Gasteiger partial charge in [-0.05, 0) is 43.4 Å². The van der Waals surface area contributed by atoms with Crippen molar-refractivity contribution >= 4 is 11.8 Å². The van der Waals surface area contributed by atoms with E-state index in [0.717, 1.165) is 31.4 Å². The Morgan fingerprint density at radius 1 is 1.07 bits per heavy atom. The highest BCUT2D eigenvalue weighted by atomic mass is 16.5. The van der Waals surface area contributed by atoms with Crippen molar-refractivity contribution in [2.75, 3.05) is 13.2 Å². The lowest BCUT2D eigenvalue weighted by molar-refractivity contribution is -0.137. The number of hydrogen-bond donors (Lipinski definition) is 1. The summed E-state index contributed by atoms with van der Waals surface area (Å²) in [6, 6.07) is 17.1. The van der Waals surface area contributed by atoms with Gasteiger partial charge in [0.05, 0.1) is 5.56 Å². The number of nitrogens with one attached hydrogen (secondary N) is 1. The van der Waals surface area contributed by atoms with E-state index in [1.807, 2.05) is 41.3 Å². The maximum Gasteiger partial charge on any atom is 0.260 e. The second-order valence-corrected chi connectivity index (χ2v) is 7.10. The Balaban J connectivity index is 1.60. The van der Waals surface area contributed by atoms with Crippen molar-refractivity contribution in [2.24, 2.45) is 0 Å². The van der Waals surface area contributed by atoms with E-state index in [4.69, 9.17) is 4.74 Å². The lowest BCUT2D eigenvalue weighted by atomic mass is 10.00. The van der Waals surface area contributed by atoms with Crippen LogP contribution in [0.1, 0.15) is 48.5 Å². The van der Waals surface area contributed by atoms with Gasteiger partial charge in [0.1, 0.15) is 5.75 Å². The molecule has 148 valence electrons. The molecular formula is C23H28N2O3. The van der Waals surface area contributed by atoms with Crippen molar-refractivity contribution in [3.8, 4) is 5.75 Å². The molecule has 1 aliphatic rings. The molecule has 2 aromatic carbocycles. The average molecular weight is 380 g/mol. The van der Waals surface area contributed by atoms with E-state index in [1.54, 1.807) is 18.2 Å². The van der Waals surface area contributed by atoms with E-state index in [-0.39, 0.29) is 18.4 Å². The standard InChI is InChI=1S/C23H28N2O3/c1-2-19-12-8-9-15-25(19)22(26)17-28-21-14-7-6-13-20(21)23(27)24-16-18-10-4-3-5-11-18/h3-7,10-11,13-14,19H,2,8-9,12,15-17H2,1H3,(H,24,27)/t19-/m1/s1. The summed E-state index contributed by atoms with van der Waals surface area (Å²) >= 11 is 0. The van der Waals surface area contributed by atoms with Gasteiger partial charge in [0.2, 0.25) is 0 Å². The minimum atomic E-state index is -0.212. The van der Waals surface area contributed by atoms with Crippen molar-refractivity contribution in [2.45, 2.75) is 45.2 Å². The van der Waals surface area contributed by atoms with Gasteiger partial charge in [0, 0.05) is 19.1 Å². The van der Waals surface area contributed by atoms with E-state index >= 15 is 0 Å². The fourth-order valence-corrected chi connectivity index (χ4v) is 3.63. The number of benzene rings is 2. The van der Waals surface area contributed by atoms with Gasteiger partial charge in [0.25, 0.3) is 11.8 Å². The molecule has 0 unspecified atom stereocenters. The van der Waals surface area contributed by atoms with E-state index in [9.17, 15) is 9.59 Å². The van der Waals surface area contributed by atoms with E-state index in [2.05, 4.69) is 12.2 Å². The number of hydrogen-bond acceptors (Lipinski definition) is 3. The minimum Gasteiger partial charge on any atom is -0.483 e. The Kier molecular flexibility index (Phi) is 7.06. The number of rotatable bonds is 7. The number of ether oxygens (including phenoxy) is 1. The summed E-state index contributed by atoms with van der Waals surface area (Å²) < 4.78 is 5.77. The maximum atomic E-state index is 12.6. The van der Waals surface area contributed by atoms with Crippen molar-refractivity contribution in [3.63, 3.8) is 0 Å². The Morgan fingerprint density at radius 3 is 2.61 bits per heavy atom. The van der Waals surface area contributed by atoms with Crippen LogP contribution in [0.2, 0.25) is 0 Å². The molecule has 3 rings (SSSR count). The zero-order valence-corrected chi connectivity index (χ0v) is 16.4. The number of piperidine rings is 1. The molecule has 2 aromatic rings. The van der Waals surface area contributed by atoms with Crippen LogP contribution in [0.25, 0.3) is 0 Å². The molecule has 1 aliphatic heterocycles. The summed E-state index contributed by atoms with van der Waals surface area (Å²) in [5.74, 6) is 0.217. The monoisotopic (exact) mass is 380 g/mol. The van der Waals surface area contributed by atoms with Gasteiger partial charge >= 0.3 is 0 Å². The number of carbonyl (C=O) groups is 2. The number of amides is 2. The summed E-state index contributed by atoms with van der Waals surface area (Å²) in [4.78, 5) is 27.2. The summed E-state index contributed by atoms with van der Waals surface area (Å²) in [7, 11) is 0. The first-order valence-corrected chi connectivity index (χ1v) is 10.0. The molecule has 0 aliphatic carbocycles. The van der Waals surface area contributed by atoms with Gasteiger partial charge in [0.15, 0.2) is 6.61 Å². The van der Waals surface area contributed by atoms with Crippen molar-refractivity contribution < 1.29 is 14.3 Å². The highest BCUT2D eigenvalue weighted by molar-refractivity contribution is 5.97. The number of para-hydroxylation sites is 1. The quantitative estimate of drug-likeness (QED) is 0.795. The molecule has 0 spiro atoms. The van der Waals surface area contributed by atoms with Crippen molar-refractivity contribution in [1.82, 2.24) is 10.2 Å². The van der Waals surface area contributed by atoms with Gasteiger partial charge in [-0.2, -0.15) is 0 Å². The largest absolute Gasteiger partial charge is 0.483 e. The van der Waals surface area contributed by atoms with E-state index < -0.39 is 0 Å². The molecule has 1 atom stereocenters. The first-order chi connectivity index (χ1) is 13.7. The third-order valence-electron chi connectivity index (χ3n) is 5.20. The molecule has 0 aromatic heterocycles. The normalized spacial score (nSPS) is 16.5. The number of carbonyl (C=O) groups excluding carboxylic acids is 2. The summed E-state index contributed by atoms with van der Waals surface area (Å²) in [5.41, 5.74) is 1.47. The zero-order valence-electron chi connectivity index (χ0n) is 16.4. The SMILES string of the molecule is CC[C@@H]1CCCCN1C(=O)COc1ccccc1C(=O)NCc1ccccc1. The highest BCUT2D eigenvalue weighted by Gasteiger charge is 2.25. The van der Waals surface area contributed by atoms with Crippen LogP contribution in [0.3, 0.4) is 0 Å². The van der Waals surface area contributed by atoms with Crippen molar-refractivity contribution in [1.29, 1.82) is 0 Å². The molecule has 28 heavy (non-hydrogen) atoms. The summed E-state index contributed by atoms with van der Waals surface area (Å²) in [6.07, 6.45) is 4.24. The fraction of sp³-hybridized carbons (Fsp3) is 0.391. The lowest BCUT2D eigenvalue weighted by Crippen LogP contribution is -2.45. The molecule has 0 saturated carbocycles. The van der Waals surface area contributed by atoms with Crippen LogP contribution < -0.4 is 10.1 Å². The molecule has 0 radical (unpaired) electrons. The first kappa shape index (κ1) is 19.9. The predicted molar refractivity (Wildman–Crippen MR) is 109 cm³/mol. The van der Waals surface area contributed by atoms with Gasteiger partial charge in [-0.15, -0.1) is 0 Å². The van der Waals surface area contributed by atoms with Gasteiger partial charge in [-0.3, -0.25) is 9.59 Å². The Hall–Kier alpha value is -2.82. The molecular weight excluding hydrogens is 352 g/mol. The van der Waals surface area contributed by atoms with Crippen LogP contribution in [0.15, 0.2) is 54.6 Å². The molecule has 1 heterocycles. The summed E-state index contributed by atoms with van der Waals surface area (Å²) in [6.45, 7) is 3.31. The predicted octanol–water partition coefficient (Wildman–Crippen LogP) is 3.79. The van der Waals surface area contributed by atoms with Crippen LogP contribution in [-0.2, 0) is 11.3 Å². The van der Waals surface area contributed by atoms with E-state index in [1.165, 1.54) is 6.42 Å². The Labute approximate surface area is 166 Å². The molecule has 5 heteroatoms. The molecule has 1 fully saturated rings. The fourth-order valence-electron chi connectivity index (χ4n) is 3.63. The van der Waals surface area contributed by atoms with Crippen LogP contribution in [0, 0.1) is 0 Å². The van der Waals surface area contributed by atoms with Crippen LogP contribution >= 0.6 is 0 Å². The summed E-state index contributed by atoms with van der Waals surface area (Å²) in [5, 5.41) is 2.91. The van der Waals surface area contributed by atoms with Crippen LogP contribution in [-0.4, -0.2) is 35.9 Å². The lowest BCUT2D eigenvalue weighted by Gasteiger charge is -2.35. The second kappa shape index (κ2) is 9.93. The zero-order chi connectivity index (χ0) is 19.8. The van der Waals surface area contributed by atoms with Gasteiger partial charge in [-0.1, -0.05) is 49.4 Å². The smallest absolute Gasteiger partial charge is 0.260 e. The Morgan fingerprint density at radius 2 is 1.82 bits per heavy atom. The second-order valence-electron chi connectivity index (χ2n) is 7.10. The van der Waals surface area contributed by atoms with Crippen molar-refractivity contribution in [3.05, 3.63) is 65.7 Å². The average Bonchev–Trinajstić information content (AvgIpc) is 2.76. The molecule has 0 bridgehead atoms. The van der Waals surface area contributed by atoms with Crippen LogP contribution in [0.4, 0.5) is 0 Å². The molecule has 5 nitrogen and oxygen atoms in total. The van der Waals surface area contributed by atoms with Crippen LogP contribution in [0.5, 0.6) is 5.75 Å².